The highest BCUT2D eigenvalue weighted by atomic mass is 16.5. The van der Waals surface area contributed by atoms with E-state index in [2.05, 4.69) is 18.7 Å². The first-order valence-corrected chi connectivity index (χ1v) is 5.67. The summed E-state index contributed by atoms with van der Waals surface area (Å²) in [7, 11) is 0. The Bertz CT molecular complexity index is 186. The van der Waals surface area contributed by atoms with Gasteiger partial charge in [0.1, 0.15) is 0 Å². The zero-order chi connectivity index (χ0) is 9.00. The third-order valence-electron chi connectivity index (χ3n) is 3.96. The van der Waals surface area contributed by atoms with Crippen LogP contribution in [0.15, 0.2) is 0 Å². The predicted molar refractivity (Wildman–Crippen MR) is 51.7 cm³/mol. The topological polar surface area (TPSA) is 12.5 Å². The molecule has 0 atom stereocenters. The van der Waals surface area contributed by atoms with Gasteiger partial charge < -0.3 is 4.74 Å². The van der Waals surface area contributed by atoms with Crippen LogP contribution in [0.25, 0.3) is 0 Å². The highest BCUT2D eigenvalue weighted by molar-refractivity contribution is 5.01. The standard InChI is InChI=1S/C11H19NO/c1-7(2)12-8-3-10-5-9(12)6-11(4-8)13-10/h7-11H,3-6H2,1-2H3. The Balaban J connectivity index is 1.85. The molecule has 0 aromatic rings. The minimum absolute atomic E-state index is 0.609. The van der Waals surface area contributed by atoms with E-state index in [-0.39, 0.29) is 0 Å². The van der Waals surface area contributed by atoms with Crippen molar-refractivity contribution in [2.45, 2.75) is 69.9 Å². The highest BCUT2D eigenvalue weighted by Crippen LogP contribution is 2.43. The fourth-order valence-electron chi connectivity index (χ4n) is 3.72. The van der Waals surface area contributed by atoms with E-state index in [0.29, 0.717) is 12.2 Å². The number of hydrogen-bond acceptors (Lipinski definition) is 2. The summed E-state index contributed by atoms with van der Waals surface area (Å²) in [5.41, 5.74) is 0. The Kier molecular flexibility index (Phi) is 1.72. The summed E-state index contributed by atoms with van der Waals surface area (Å²) < 4.78 is 5.92. The van der Waals surface area contributed by atoms with Crippen molar-refractivity contribution < 1.29 is 4.74 Å². The Labute approximate surface area is 80.2 Å². The maximum Gasteiger partial charge on any atom is 0.0608 e. The SMILES string of the molecule is CC(C)N1C2CC3CC1CC(C2)O3. The summed E-state index contributed by atoms with van der Waals surface area (Å²) in [6.07, 6.45) is 6.40. The van der Waals surface area contributed by atoms with Gasteiger partial charge >= 0.3 is 0 Å². The molecule has 2 heteroatoms. The van der Waals surface area contributed by atoms with Crippen LogP contribution in [0.5, 0.6) is 0 Å². The molecular formula is C11H19NO. The Morgan fingerprint density at radius 3 is 1.85 bits per heavy atom. The first kappa shape index (κ1) is 8.25. The molecule has 4 aliphatic heterocycles. The molecule has 13 heavy (non-hydrogen) atoms. The molecule has 4 fully saturated rings. The number of hydrogen-bond donors (Lipinski definition) is 0. The van der Waals surface area contributed by atoms with E-state index in [0.717, 1.165) is 18.1 Å². The number of nitrogens with zero attached hydrogens (tertiary/aromatic N) is 1. The Morgan fingerprint density at radius 2 is 1.46 bits per heavy atom. The van der Waals surface area contributed by atoms with Gasteiger partial charge in [-0.3, -0.25) is 4.90 Å². The van der Waals surface area contributed by atoms with Crippen LogP contribution >= 0.6 is 0 Å². The lowest BCUT2D eigenvalue weighted by Gasteiger charge is -2.57. The maximum atomic E-state index is 5.92. The number of piperidine rings is 2. The Hall–Kier alpha value is -0.0800. The van der Waals surface area contributed by atoms with Crippen LogP contribution in [0, 0.1) is 0 Å². The minimum atomic E-state index is 0.609. The van der Waals surface area contributed by atoms with Crippen LogP contribution in [0.2, 0.25) is 0 Å². The molecule has 4 bridgehead atoms. The van der Waals surface area contributed by atoms with Crippen molar-refractivity contribution in [3.05, 3.63) is 0 Å². The molecule has 0 saturated carbocycles. The smallest absolute Gasteiger partial charge is 0.0608 e. The summed E-state index contributed by atoms with van der Waals surface area (Å²) in [6.45, 7) is 4.67. The third kappa shape index (κ3) is 1.15. The van der Waals surface area contributed by atoms with Crippen molar-refractivity contribution in [3.63, 3.8) is 0 Å². The summed E-state index contributed by atoms with van der Waals surface area (Å²) in [6, 6.07) is 2.42. The molecule has 0 aromatic carbocycles. The lowest BCUT2D eigenvalue weighted by molar-refractivity contribution is -0.188. The summed E-state index contributed by atoms with van der Waals surface area (Å²) in [5.74, 6) is 0. The highest BCUT2D eigenvalue weighted by Gasteiger charge is 2.48. The summed E-state index contributed by atoms with van der Waals surface area (Å²) in [5, 5.41) is 0. The second kappa shape index (κ2) is 2.71. The molecular weight excluding hydrogens is 162 g/mol. The molecule has 0 spiro atoms. The van der Waals surface area contributed by atoms with Crippen molar-refractivity contribution in [1.29, 1.82) is 0 Å². The van der Waals surface area contributed by atoms with Crippen LogP contribution in [0.4, 0.5) is 0 Å². The van der Waals surface area contributed by atoms with Crippen molar-refractivity contribution in [3.8, 4) is 0 Å². The molecule has 4 aliphatic rings. The van der Waals surface area contributed by atoms with Crippen molar-refractivity contribution in [2.75, 3.05) is 0 Å². The van der Waals surface area contributed by atoms with Crippen molar-refractivity contribution >= 4 is 0 Å². The van der Waals surface area contributed by atoms with Crippen LogP contribution < -0.4 is 0 Å². The summed E-state index contributed by atoms with van der Waals surface area (Å²) in [4.78, 5) is 2.75. The zero-order valence-electron chi connectivity index (χ0n) is 8.57. The van der Waals surface area contributed by atoms with E-state index in [9.17, 15) is 0 Å². The van der Waals surface area contributed by atoms with Crippen LogP contribution in [0.1, 0.15) is 39.5 Å². The largest absolute Gasteiger partial charge is 0.375 e. The van der Waals surface area contributed by atoms with Crippen LogP contribution in [-0.2, 0) is 4.74 Å². The lowest BCUT2D eigenvalue weighted by Crippen LogP contribution is -2.63. The lowest BCUT2D eigenvalue weighted by atomic mass is 9.77. The van der Waals surface area contributed by atoms with Crippen molar-refractivity contribution in [2.24, 2.45) is 0 Å². The van der Waals surface area contributed by atoms with Gasteiger partial charge in [-0.15, -0.1) is 0 Å². The fourth-order valence-corrected chi connectivity index (χ4v) is 3.72. The van der Waals surface area contributed by atoms with Gasteiger partial charge in [0.25, 0.3) is 0 Å². The van der Waals surface area contributed by atoms with Gasteiger partial charge in [-0.2, -0.15) is 0 Å². The van der Waals surface area contributed by atoms with E-state index in [1.165, 1.54) is 25.7 Å². The van der Waals surface area contributed by atoms with E-state index >= 15 is 0 Å². The molecule has 4 heterocycles. The summed E-state index contributed by atoms with van der Waals surface area (Å²) >= 11 is 0. The van der Waals surface area contributed by atoms with Gasteiger partial charge in [0.2, 0.25) is 0 Å². The normalized spacial score (nSPS) is 49.2. The van der Waals surface area contributed by atoms with E-state index in [1.54, 1.807) is 0 Å². The number of ether oxygens (including phenoxy) is 1. The molecule has 4 saturated heterocycles. The van der Waals surface area contributed by atoms with Crippen LogP contribution in [0.3, 0.4) is 0 Å². The quantitative estimate of drug-likeness (QED) is 0.611. The van der Waals surface area contributed by atoms with Crippen LogP contribution in [-0.4, -0.2) is 35.2 Å². The first-order valence-electron chi connectivity index (χ1n) is 5.67. The van der Waals surface area contributed by atoms with Gasteiger partial charge in [0.05, 0.1) is 12.2 Å². The molecule has 0 aromatic heterocycles. The Morgan fingerprint density at radius 1 is 1.00 bits per heavy atom. The zero-order valence-corrected chi connectivity index (χ0v) is 8.57. The maximum absolute atomic E-state index is 5.92. The third-order valence-corrected chi connectivity index (χ3v) is 3.96. The van der Waals surface area contributed by atoms with Gasteiger partial charge in [-0.25, -0.2) is 0 Å². The molecule has 0 aliphatic carbocycles. The average molecular weight is 181 g/mol. The monoisotopic (exact) mass is 181 g/mol. The molecule has 0 N–H and O–H groups in total. The molecule has 4 rings (SSSR count). The van der Waals surface area contributed by atoms with Gasteiger partial charge in [-0.05, 0) is 39.5 Å². The second-order valence-electron chi connectivity index (χ2n) is 5.17. The average Bonchev–Trinajstić information content (AvgIpc) is 2.00. The molecule has 0 amide bonds. The minimum Gasteiger partial charge on any atom is -0.375 e. The first-order chi connectivity index (χ1) is 6.24. The second-order valence-corrected chi connectivity index (χ2v) is 5.17. The van der Waals surface area contributed by atoms with E-state index in [1.807, 2.05) is 0 Å². The molecule has 74 valence electrons. The van der Waals surface area contributed by atoms with Gasteiger partial charge in [0.15, 0.2) is 0 Å². The van der Waals surface area contributed by atoms with Crippen molar-refractivity contribution in [1.82, 2.24) is 4.90 Å². The predicted octanol–water partition coefficient (Wildman–Crippen LogP) is 1.79. The van der Waals surface area contributed by atoms with E-state index in [4.69, 9.17) is 4.74 Å². The van der Waals surface area contributed by atoms with Gasteiger partial charge in [-0.1, -0.05) is 0 Å². The molecule has 0 radical (unpaired) electrons. The number of rotatable bonds is 1. The van der Waals surface area contributed by atoms with Gasteiger partial charge in [0, 0.05) is 18.1 Å². The molecule has 2 nitrogen and oxygen atoms in total. The fraction of sp³-hybridized carbons (Fsp3) is 1.00. The molecule has 0 unspecified atom stereocenters. The van der Waals surface area contributed by atoms with E-state index < -0.39 is 0 Å².